The minimum atomic E-state index is -0.898. The summed E-state index contributed by atoms with van der Waals surface area (Å²) < 4.78 is 15.7. The number of benzene rings is 2. The molecular weight excluding hydrogens is 358 g/mol. The first-order valence-electron chi connectivity index (χ1n) is 9.33. The predicted molar refractivity (Wildman–Crippen MR) is 106 cm³/mol. The molecule has 0 bridgehead atoms. The number of ether oxygens (including phenoxy) is 3. The molecule has 6 nitrogen and oxygen atoms in total. The first-order chi connectivity index (χ1) is 13.5. The number of hydrogen-bond donors (Lipinski definition) is 1. The van der Waals surface area contributed by atoms with E-state index in [1.807, 2.05) is 18.2 Å². The van der Waals surface area contributed by atoms with Crippen molar-refractivity contribution in [3.8, 4) is 11.5 Å². The van der Waals surface area contributed by atoms with Gasteiger partial charge in [0.1, 0.15) is 11.5 Å². The van der Waals surface area contributed by atoms with Crippen molar-refractivity contribution < 1.29 is 23.8 Å². The van der Waals surface area contributed by atoms with Gasteiger partial charge in [0.25, 0.3) is 5.91 Å². The maximum Gasteiger partial charge on any atom is 0.311 e. The van der Waals surface area contributed by atoms with Crippen LogP contribution in [0.25, 0.3) is 0 Å². The number of fused-ring (bicyclic) bond motifs is 1. The molecule has 1 aliphatic carbocycles. The van der Waals surface area contributed by atoms with Crippen LogP contribution in [0.2, 0.25) is 0 Å². The maximum atomic E-state index is 12.4. The number of nitrogens with one attached hydrogen (secondary N) is 1. The van der Waals surface area contributed by atoms with Crippen LogP contribution in [0.3, 0.4) is 0 Å². The number of methoxy groups -OCH3 is 2. The quantitative estimate of drug-likeness (QED) is 0.743. The summed E-state index contributed by atoms with van der Waals surface area (Å²) in [6.07, 6.45) is 2.38. The molecule has 0 spiro atoms. The fraction of sp³-hybridized carbons (Fsp3) is 0.364. The zero-order chi connectivity index (χ0) is 20.1. The molecule has 1 amide bonds. The van der Waals surface area contributed by atoms with E-state index in [4.69, 9.17) is 14.2 Å². The first kappa shape index (κ1) is 19.7. The Morgan fingerprint density at radius 2 is 1.82 bits per heavy atom. The molecule has 1 aliphatic rings. The zero-order valence-corrected chi connectivity index (χ0v) is 16.4. The Hall–Kier alpha value is -3.02. The van der Waals surface area contributed by atoms with Gasteiger partial charge in [0, 0.05) is 17.3 Å². The second-order valence-electron chi connectivity index (χ2n) is 6.81. The van der Waals surface area contributed by atoms with Crippen LogP contribution in [-0.2, 0) is 33.6 Å². The third-order valence-electron chi connectivity index (χ3n) is 4.87. The van der Waals surface area contributed by atoms with E-state index in [0.717, 1.165) is 24.9 Å². The van der Waals surface area contributed by atoms with Crippen molar-refractivity contribution in [2.45, 2.75) is 38.7 Å². The lowest BCUT2D eigenvalue weighted by molar-refractivity contribution is -0.152. The summed E-state index contributed by atoms with van der Waals surface area (Å²) in [6.45, 7) is 1.56. The monoisotopic (exact) mass is 383 g/mol. The van der Waals surface area contributed by atoms with Crippen molar-refractivity contribution >= 4 is 17.6 Å². The first-order valence-corrected chi connectivity index (χ1v) is 9.33. The number of aryl methyl sites for hydroxylation is 2. The molecule has 0 aromatic heterocycles. The van der Waals surface area contributed by atoms with E-state index >= 15 is 0 Å². The second-order valence-corrected chi connectivity index (χ2v) is 6.81. The summed E-state index contributed by atoms with van der Waals surface area (Å²) >= 11 is 0. The van der Waals surface area contributed by atoms with Crippen molar-refractivity contribution in [2.75, 3.05) is 19.5 Å². The van der Waals surface area contributed by atoms with Crippen LogP contribution in [0.15, 0.2) is 36.4 Å². The molecule has 148 valence electrons. The lowest BCUT2D eigenvalue weighted by atomic mass is 10.1. The summed E-state index contributed by atoms with van der Waals surface area (Å²) in [5.41, 5.74) is 4.00. The van der Waals surface area contributed by atoms with Gasteiger partial charge < -0.3 is 19.5 Å². The van der Waals surface area contributed by atoms with Crippen LogP contribution in [0.1, 0.15) is 30.0 Å². The summed E-state index contributed by atoms with van der Waals surface area (Å²) in [7, 11) is 3.08. The summed E-state index contributed by atoms with van der Waals surface area (Å²) in [6, 6.07) is 11.1. The van der Waals surface area contributed by atoms with Gasteiger partial charge in [-0.1, -0.05) is 12.1 Å². The van der Waals surface area contributed by atoms with E-state index in [0.29, 0.717) is 17.1 Å². The minimum absolute atomic E-state index is 0.00360. The average Bonchev–Trinajstić information content (AvgIpc) is 3.16. The molecule has 6 heteroatoms. The highest BCUT2D eigenvalue weighted by molar-refractivity contribution is 5.95. The summed E-state index contributed by atoms with van der Waals surface area (Å²) in [4.78, 5) is 24.6. The molecule has 2 aromatic rings. The van der Waals surface area contributed by atoms with Crippen LogP contribution < -0.4 is 14.8 Å². The van der Waals surface area contributed by atoms with E-state index in [-0.39, 0.29) is 12.3 Å². The predicted octanol–water partition coefficient (Wildman–Crippen LogP) is 3.31. The van der Waals surface area contributed by atoms with Crippen molar-refractivity contribution in [3.63, 3.8) is 0 Å². The van der Waals surface area contributed by atoms with Gasteiger partial charge in [-0.25, -0.2) is 0 Å². The third-order valence-corrected chi connectivity index (χ3v) is 4.87. The van der Waals surface area contributed by atoms with Crippen molar-refractivity contribution in [3.05, 3.63) is 53.1 Å². The normalized spacial score (nSPS) is 13.4. The van der Waals surface area contributed by atoms with Crippen LogP contribution in [0.4, 0.5) is 5.69 Å². The lowest BCUT2D eigenvalue weighted by Crippen LogP contribution is -2.30. The zero-order valence-electron chi connectivity index (χ0n) is 16.4. The largest absolute Gasteiger partial charge is 0.497 e. The van der Waals surface area contributed by atoms with Crippen molar-refractivity contribution in [1.29, 1.82) is 0 Å². The van der Waals surface area contributed by atoms with Gasteiger partial charge in [-0.3, -0.25) is 9.59 Å². The van der Waals surface area contributed by atoms with Crippen LogP contribution in [0.5, 0.6) is 11.5 Å². The lowest BCUT2D eigenvalue weighted by Gasteiger charge is -2.15. The molecule has 0 saturated carbocycles. The summed E-state index contributed by atoms with van der Waals surface area (Å²) in [5.74, 6) is 0.315. The molecule has 1 N–H and O–H groups in total. The Kier molecular flexibility index (Phi) is 6.19. The molecule has 28 heavy (non-hydrogen) atoms. The van der Waals surface area contributed by atoms with E-state index in [9.17, 15) is 9.59 Å². The summed E-state index contributed by atoms with van der Waals surface area (Å²) in [5, 5.41) is 2.82. The SMILES string of the molecule is COc1ccc(CC(=O)O[C@H](C)C(=O)Nc2ccc3c(c2)CCC3)c(OC)c1. The highest BCUT2D eigenvalue weighted by Gasteiger charge is 2.20. The van der Waals surface area contributed by atoms with Gasteiger partial charge in [-0.15, -0.1) is 0 Å². The van der Waals surface area contributed by atoms with Gasteiger partial charge in [0.05, 0.1) is 20.6 Å². The molecule has 0 heterocycles. The minimum Gasteiger partial charge on any atom is -0.497 e. The van der Waals surface area contributed by atoms with Gasteiger partial charge in [0.2, 0.25) is 0 Å². The van der Waals surface area contributed by atoms with E-state index in [2.05, 4.69) is 5.32 Å². The third kappa shape index (κ3) is 4.63. The number of esters is 1. The molecule has 0 aliphatic heterocycles. The van der Waals surface area contributed by atoms with E-state index in [1.165, 1.54) is 18.2 Å². The molecular formula is C22H25NO5. The van der Waals surface area contributed by atoms with Gasteiger partial charge >= 0.3 is 5.97 Å². The smallest absolute Gasteiger partial charge is 0.311 e. The molecule has 2 aromatic carbocycles. The Labute approximate surface area is 164 Å². The van der Waals surface area contributed by atoms with Crippen molar-refractivity contribution in [1.82, 2.24) is 0 Å². The number of hydrogen-bond acceptors (Lipinski definition) is 5. The Bertz CT molecular complexity index is 877. The number of amides is 1. The fourth-order valence-corrected chi connectivity index (χ4v) is 3.34. The molecule has 0 unspecified atom stereocenters. The molecule has 0 fully saturated rings. The number of carbonyl (C=O) groups excluding carboxylic acids is 2. The van der Waals surface area contributed by atoms with Crippen LogP contribution >= 0.6 is 0 Å². The topological polar surface area (TPSA) is 73.9 Å². The standard InChI is InChI=1S/C22H25NO5/c1-14(22(25)23-18-9-7-15-5-4-6-16(15)11-18)28-21(24)12-17-8-10-19(26-2)13-20(17)27-3/h7-11,13-14H,4-6,12H2,1-3H3,(H,23,25)/t14-/m1/s1. The molecule has 1 atom stereocenters. The average molecular weight is 383 g/mol. The van der Waals surface area contributed by atoms with E-state index < -0.39 is 12.1 Å². The van der Waals surface area contributed by atoms with E-state index in [1.54, 1.807) is 32.2 Å². The molecule has 0 radical (unpaired) electrons. The van der Waals surface area contributed by atoms with Gasteiger partial charge in [0.15, 0.2) is 6.10 Å². The van der Waals surface area contributed by atoms with Gasteiger partial charge in [-0.2, -0.15) is 0 Å². The Balaban J connectivity index is 1.57. The highest BCUT2D eigenvalue weighted by Crippen LogP contribution is 2.26. The van der Waals surface area contributed by atoms with Gasteiger partial charge in [-0.05, 0) is 55.5 Å². The number of anilines is 1. The highest BCUT2D eigenvalue weighted by atomic mass is 16.5. The number of rotatable bonds is 7. The Morgan fingerprint density at radius 3 is 2.57 bits per heavy atom. The number of carbonyl (C=O) groups is 2. The second kappa shape index (κ2) is 8.78. The Morgan fingerprint density at radius 1 is 1.04 bits per heavy atom. The van der Waals surface area contributed by atoms with Crippen LogP contribution in [-0.4, -0.2) is 32.2 Å². The van der Waals surface area contributed by atoms with Crippen LogP contribution in [0, 0.1) is 0 Å². The fourth-order valence-electron chi connectivity index (χ4n) is 3.34. The maximum absolute atomic E-state index is 12.4. The molecule has 0 saturated heterocycles. The molecule has 3 rings (SSSR count). The van der Waals surface area contributed by atoms with Crippen molar-refractivity contribution in [2.24, 2.45) is 0 Å².